The Morgan fingerprint density at radius 1 is 1.15 bits per heavy atom. The molecule has 2 aromatic carbocycles. The lowest BCUT2D eigenvalue weighted by Gasteiger charge is -2.04. The summed E-state index contributed by atoms with van der Waals surface area (Å²) in [5.74, 6) is 0.0142. The maximum Gasteiger partial charge on any atom is 0.193 e. The van der Waals surface area contributed by atoms with E-state index in [1.54, 1.807) is 12.4 Å². The van der Waals surface area contributed by atoms with Crippen LogP contribution < -0.4 is 5.73 Å². The number of imidazole rings is 1. The van der Waals surface area contributed by atoms with E-state index in [2.05, 4.69) is 9.97 Å². The molecule has 4 heteroatoms. The number of benzene rings is 2. The number of H-pyrrole nitrogens is 1. The summed E-state index contributed by atoms with van der Waals surface area (Å²) in [5, 5.41) is 0. The quantitative estimate of drug-likeness (QED) is 0.711. The number of carbonyl (C=O) groups is 1. The molecular weight excluding hydrogens is 250 g/mol. The average molecular weight is 265 g/mol. The number of carbonyl (C=O) groups excluding carboxylic acids is 1. The number of ketones is 1. The first-order valence-corrected chi connectivity index (χ1v) is 6.55. The summed E-state index contributed by atoms with van der Waals surface area (Å²) in [4.78, 5) is 19.7. The zero-order valence-corrected chi connectivity index (χ0v) is 11.0. The van der Waals surface area contributed by atoms with Crippen molar-refractivity contribution in [1.82, 2.24) is 9.97 Å². The molecule has 3 aromatic rings. The van der Waals surface area contributed by atoms with E-state index < -0.39 is 0 Å². The number of nitrogens with zero attached hydrogens (tertiary/aromatic N) is 1. The molecule has 20 heavy (non-hydrogen) atoms. The molecule has 3 N–H and O–H groups in total. The lowest BCUT2D eigenvalue weighted by atomic mass is 10.00. The van der Waals surface area contributed by atoms with Gasteiger partial charge in [0, 0.05) is 11.1 Å². The highest BCUT2D eigenvalue weighted by molar-refractivity contribution is 6.10. The van der Waals surface area contributed by atoms with Gasteiger partial charge in [-0.25, -0.2) is 4.98 Å². The molecule has 0 saturated heterocycles. The van der Waals surface area contributed by atoms with E-state index in [0.717, 1.165) is 23.0 Å². The standard InChI is InChI=1S/C16H15N3O/c17-7-6-11-2-1-3-12(8-11)16(20)13-4-5-14-15(9-13)19-10-18-14/h1-5,8-10H,6-7,17H2,(H,18,19). The molecule has 0 atom stereocenters. The Morgan fingerprint density at radius 3 is 2.85 bits per heavy atom. The summed E-state index contributed by atoms with van der Waals surface area (Å²) >= 11 is 0. The third kappa shape index (κ3) is 2.33. The fourth-order valence-electron chi connectivity index (χ4n) is 2.28. The number of aromatic amines is 1. The van der Waals surface area contributed by atoms with E-state index in [1.807, 2.05) is 36.4 Å². The number of hydrogen-bond donors (Lipinski definition) is 2. The second-order valence-electron chi connectivity index (χ2n) is 4.70. The number of rotatable bonds is 4. The van der Waals surface area contributed by atoms with E-state index in [-0.39, 0.29) is 5.78 Å². The second-order valence-corrected chi connectivity index (χ2v) is 4.70. The van der Waals surface area contributed by atoms with Gasteiger partial charge in [0.15, 0.2) is 5.78 Å². The van der Waals surface area contributed by atoms with Gasteiger partial charge in [0.05, 0.1) is 17.4 Å². The van der Waals surface area contributed by atoms with E-state index in [4.69, 9.17) is 5.73 Å². The first-order valence-electron chi connectivity index (χ1n) is 6.55. The van der Waals surface area contributed by atoms with Gasteiger partial charge in [0.2, 0.25) is 0 Å². The highest BCUT2D eigenvalue weighted by atomic mass is 16.1. The maximum atomic E-state index is 12.5. The second kappa shape index (κ2) is 5.27. The van der Waals surface area contributed by atoms with Crippen molar-refractivity contribution in [1.29, 1.82) is 0 Å². The monoisotopic (exact) mass is 265 g/mol. The normalized spacial score (nSPS) is 10.8. The van der Waals surface area contributed by atoms with Crippen molar-refractivity contribution >= 4 is 16.8 Å². The fraction of sp³-hybridized carbons (Fsp3) is 0.125. The maximum absolute atomic E-state index is 12.5. The average Bonchev–Trinajstić information content (AvgIpc) is 2.94. The van der Waals surface area contributed by atoms with Crippen molar-refractivity contribution in [3.05, 3.63) is 65.5 Å². The third-order valence-electron chi connectivity index (χ3n) is 3.30. The number of aromatic nitrogens is 2. The molecule has 100 valence electrons. The summed E-state index contributed by atoms with van der Waals surface area (Å²) < 4.78 is 0. The Kier molecular flexibility index (Phi) is 3.31. The predicted octanol–water partition coefficient (Wildman–Crippen LogP) is 2.30. The van der Waals surface area contributed by atoms with Crippen LogP contribution in [0, 0.1) is 0 Å². The molecular formula is C16H15N3O. The highest BCUT2D eigenvalue weighted by Crippen LogP contribution is 2.16. The van der Waals surface area contributed by atoms with Gasteiger partial charge in [-0.15, -0.1) is 0 Å². The topological polar surface area (TPSA) is 71.8 Å². The molecule has 0 spiro atoms. The van der Waals surface area contributed by atoms with Gasteiger partial charge in [0.1, 0.15) is 0 Å². The Hall–Kier alpha value is -2.46. The van der Waals surface area contributed by atoms with Crippen LogP contribution in [0.5, 0.6) is 0 Å². The Balaban J connectivity index is 1.96. The zero-order valence-electron chi connectivity index (χ0n) is 11.0. The minimum absolute atomic E-state index is 0.0142. The summed E-state index contributed by atoms with van der Waals surface area (Å²) in [5.41, 5.74) is 9.71. The van der Waals surface area contributed by atoms with Crippen LogP contribution in [0.3, 0.4) is 0 Å². The number of nitrogens with one attached hydrogen (secondary N) is 1. The molecule has 0 amide bonds. The van der Waals surface area contributed by atoms with Crippen LogP contribution in [0.25, 0.3) is 11.0 Å². The van der Waals surface area contributed by atoms with Crippen LogP contribution in [0.15, 0.2) is 48.8 Å². The largest absolute Gasteiger partial charge is 0.345 e. The van der Waals surface area contributed by atoms with Gasteiger partial charge in [-0.3, -0.25) is 4.79 Å². The Morgan fingerprint density at radius 2 is 2.00 bits per heavy atom. The number of hydrogen-bond acceptors (Lipinski definition) is 3. The third-order valence-corrected chi connectivity index (χ3v) is 3.30. The summed E-state index contributed by atoms with van der Waals surface area (Å²) in [7, 11) is 0. The van der Waals surface area contributed by atoms with E-state index in [9.17, 15) is 4.79 Å². The van der Waals surface area contributed by atoms with Crippen molar-refractivity contribution in [2.75, 3.05) is 6.54 Å². The molecule has 0 radical (unpaired) electrons. The minimum Gasteiger partial charge on any atom is -0.345 e. The molecule has 0 unspecified atom stereocenters. The molecule has 0 aliphatic heterocycles. The Labute approximate surface area is 116 Å². The zero-order chi connectivity index (χ0) is 13.9. The van der Waals surface area contributed by atoms with Crippen molar-refractivity contribution in [3.8, 4) is 0 Å². The molecule has 0 aliphatic carbocycles. The molecule has 4 nitrogen and oxygen atoms in total. The highest BCUT2D eigenvalue weighted by Gasteiger charge is 2.10. The first kappa shape index (κ1) is 12.6. The van der Waals surface area contributed by atoms with Gasteiger partial charge in [-0.1, -0.05) is 18.2 Å². The lowest BCUT2D eigenvalue weighted by Crippen LogP contribution is -2.05. The van der Waals surface area contributed by atoms with Gasteiger partial charge in [-0.05, 0) is 42.8 Å². The van der Waals surface area contributed by atoms with Gasteiger partial charge >= 0.3 is 0 Å². The van der Waals surface area contributed by atoms with Crippen molar-refractivity contribution in [3.63, 3.8) is 0 Å². The van der Waals surface area contributed by atoms with E-state index >= 15 is 0 Å². The number of nitrogens with two attached hydrogens (primary N) is 1. The molecule has 1 aromatic heterocycles. The van der Waals surface area contributed by atoms with Gasteiger partial charge in [0.25, 0.3) is 0 Å². The molecule has 3 rings (SSSR count). The van der Waals surface area contributed by atoms with Crippen molar-refractivity contribution < 1.29 is 4.79 Å². The van der Waals surface area contributed by atoms with Gasteiger partial charge in [-0.2, -0.15) is 0 Å². The number of fused-ring (bicyclic) bond motifs is 1. The van der Waals surface area contributed by atoms with Gasteiger partial charge < -0.3 is 10.7 Å². The van der Waals surface area contributed by atoms with Crippen LogP contribution in [-0.2, 0) is 6.42 Å². The summed E-state index contributed by atoms with van der Waals surface area (Å²) in [6.07, 6.45) is 2.40. The fourth-order valence-corrected chi connectivity index (χ4v) is 2.28. The molecule has 0 saturated carbocycles. The van der Waals surface area contributed by atoms with E-state index in [0.29, 0.717) is 17.7 Å². The predicted molar refractivity (Wildman–Crippen MR) is 78.7 cm³/mol. The van der Waals surface area contributed by atoms with Crippen molar-refractivity contribution in [2.24, 2.45) is 5.73 Å². The molecule has 0 bridgehead atoms. The summed E-state index contributed by atoms with van der Waals surface area (Å²) in [6.45, 7) is 0.581. The van der Waals surface area contributed by atoms with Crippen LogP contribution in [0.2, 0.25) is 0 Å². The molecule has 0 aliphatic rings. The van der Waals surface area contributed by atoms with E-state index in [1.165, 1.54) is 0 Å². The minimum atomic E-state index is 0.0142. The lowest BCUT2D eigenvalue weighted by molar-refractivity contribution is 0.103. The van der Waals surface area contributed by atoms with Crippen LogP contribution in [-0.4, -0.2) is 22.3 Å². The van der Waals surface area contributed by atoms with Crippen molar-refractivity contribution in [2.45, 2.75) is 6.42 Å². The summed E-state index contributed by atoms with van der Waals surface area (Å²) in [6, 6.07) is 13.1. The molecule has 1 heterocycles. The van der Waals surface area contributed by atoms with Crippen LogP contribution in [0.4, 0.5) is 0 Å². The smallest absolute Gasteiger partial charge is 0.193 e. The van der Waals surface area contributed by atoms with Crippen LogP contribution in [0.1, 0.15) is 21.5 Å². The Bertz CT molecular complexity index is 761. The SMILES string of the molecule is NCCc1cccc(C(=O)c2ccc3nc[nH]c3c2)c1. The van der Waals surface area contributed by atoms with Crippen LogP contribution >= 0.6 is 0 Å². The first-order chi connectivity index (χ1) is 9.78. The molecule has 0 fully saturated rings.